The molecule has 2 heterocycles. The van der Waals surface area contributed by atoms with Gasteiger partial charge in [0.25, 0.3) is 5.91 Å². The maximum atomic E-state index is 12.7. The van der Waals surface area contributed by atoms with E-state index in [0.29, 0.717) is 17.5 Å². The van der Waals surface area contributed by atoms with Crippen LogP contribution in [0.1, 0.15) is 21.7 Å². The van der Waals surface area contributed by atoms with Crippen LogP contribution in [0.15, 0.2) is 53.4 Å². The molecule has 1 N–H and O–H groups in total. The molecule has 0 bridgehead atoms. The molecule has 4 rings (SSSR count). The fraction of sp³-hybridized carbons (Fsp3) is 0.263. The van der Waals surface area contributed by atoms with Crippen LogP contribution in [0.3, 0.4) is 0 Å². The molecule has 3 aromatic rings. The number of amides is 1. The monoisotopic (exact) mass is 399 g/mol. The van der Waals surface area contributed by atoms with Crippen LogP contribution in [0.25, 0.3) is 0 Å². The third kappa shape index (κ3) is 4.48. The summed E-state index contributed by atoms with van der Waals surface area (Å²) in [5, 5.41) is 14.6. The number of carbonyl (C=O) groups is 1. The first-order valence-corrected chi connectivity index (χ1v) is 10.0. The van der Waals surface area contributed by atoms with Crippen LogP contribution in [0, 0.1) is 5.92 Å². The molecule has 1 amide bonds. The Morgan fingerprint density at radius 3 is 2.78 bits per heavy atom. The number of H-pyrrole nitrogens is 1. The highest BCUT2D eigenvalue weighted by molar-refractivity contribution is 7.98. The number of hydrogen-bond donors (Lipinski definition) is 1. The standard InChI is InChI=1S/C19H18ClN5OS/c20-16-6-4-13(5-7-16)8-14-10-25(11-14)19(26)15-2-1-3-17(9-15)27-12-18-21-23-24-22-18/h1-7,9,14H,8,10-12H2,(H,21,22,23,24). The van der Waals surface area contributed by atoms with Gasteiger partial charge < -0.3 is 4.90 Å². The Hall–Kier alpha value is -2.38. The fourth-order valence-corrected chi connectivity index (χ4v) is 4.04. The number of aromatic amines is 1. The zero-order chi connectivity index (χ0) is 18.6. The van der Waals surface area contributed by atoms with Crippen LogP contribution in [0.4, 0.5) is 0 Å². The topological polar surface area (TPSA) is 74.8 Å². The van der Waals surface area contributed by atoms with Gasteiger partial charge in [0.1, 0.15) is 0 Å². The number of carbonyl (C=O) groups excluding carboxylic acids is 1. The molecule has 0 unspecified atom stereocenters. The Morgan fingerprint density at radius 1 is 1.22 bits per heavy atom. The maximum Gasteiger partial charge on any atom is 0.253 e. The minimum absolute atomic E-state index is 0.0874. The summed E-state index contributed by atoms with van der Waals surface area (Å²) in [4.78, 5) is 15.6. The molecular weight excluding hydrogens is 382 g/mol. The van der Waals surface area contributed by atoms with Gasteiger partial charge in [-0.3, -0.25) is 4.79 Å². The molecule has 138 valence electrons. The number of halogens is 1. The van der Waals surface area contributed by atoms with Gasteiger partial charge in [0.15, 0.2) is 5.82 Å². The van der Waals surface area contributed by atoms with E-state index in [1.165, 1.54) is 5.56 Å². The van der Waals surface area contributed by atoms with Crippen molar-refractivity contribution in [2.24, 2.45) is 5.92 Å². The van der Waals surface area contributed by atoms with E-state index >= 15 is 0 Å². The number of rotatable bonds is 6. The number of nitrogens with one attached hydrogen (secondary N) is 1. The van der Waals surface area contributed by atoms with Gasteiger partial charge in [0.05, 0.1) is 5.75 Å². The Bertz CT molecular complexity index is 910. The van der Waals surface area contributed by atoms with Crippen molar-refractivity contribution in [2.75, 3.05) is 13.1 Å². The molecule has 1 aliphatic rings. The highest BCUT2D eigenvalue weighted by atomic mass is 35.5. The van der Waals surface area contributed by atoms with Gasteiger partial charge in [0.2, 0.25) is 0 Å². The zero-order valence-electron chi connectivity index (χ0n) is 14.5. The third-order valence-corrected chi connectivity index (χ3v) is 5.76. The van der Waals surface area contributed by atoms with Crippen LogP contribution in [0.2, 0.25) is 5.02 Å². The lowest BCUT2D eigenvalue weighted by atomic mass is 9.91. The Balaban J connectivity index is 1.31. The van der Waals surface area contributed by atoms with Crippen molar-refractivity contribution < 1.29 is 4.79 Å². The lowest BCUT2D eigenvalue weighted by Crippen LogP contribution is -2.50. The number of aromatic nitrogens is 4. The van der Waals surface area contributed by atoms with Crippen molar-refractivity contribution in [1.29, 1.82) is 0 Å². The first kappa shape index (κ1) is 18.0. The van der Waals surface area contributed by atoms with Crippen LogP contribution < -0.4 is 0 Å². The summed E-state index contributed by atoms with van der Waals surface area (Å²) in [6, 6.07) is 15.6. The van der Waals surface area contributed by atoms with Gasteiger partial charge in [0, 0.05) is 28.6 Å². The molecule has 8 heteroatoms. The van der Waals surface area contributed by atoms with Gasteiger partial charge in [-0.1, -0.05) is 35.0 Å². The molecule has 0 aliphatic carbocycles. The molecule has 6 nitrogen and oxygen atoms in total. The van der Waals surface area contributed by atoms with E-state index in [2.05, 4.69) is 32.8 Å². The van der Waals surface area contributed by atoms with Crippen LogP contribution >= 0.6 is 23.4 Å². The van der Waals surface area contributed by atoms with Crippen molar-refractivity contribution >= 4 is 29.3 Å². The SMILES string of the molecule is O=C(c1cccc(SCc2nn[nH]n2)c1)N1CC(Cc2ccc(Cl)cc2)C1. The van der Waals surface area contributed by atoms with Crippen LogP contribution in [-0.2, 0) is 12.2 Å². The predicted octanol–water partition coefficient (Wildman–Crippen LogP) is 3.46. The molecule has 1 aromatic heterocycles. The van der Waals surface area contributed by atoms with E-state index in [-0.39, 0.29) is 5.91 Å². The number of hydrogen-bond acceptors (Lipinski definition) is 5. The smallest absolute Gasteiger partial charge is 0.253 e. The average Bonchev–Trinajstić information content (AvgIpc) is 3.17. The quantitative estimate of drug-likeness (QED) is 0.642. The molecule has 1 aliphatic heterocycles. The molecule has 27 heavy (non-hydrogen) atoms. The number of benzene rings is 2. The number of likely N-dealkylation sites (tertiary alicyclic amines) is 1. The molecule has 1 fully saturated rings. The first-order chi connectivity index (χ1) is 13.2. The van der Waals surface area contributed by atoms with E-state index in [9.17, 15) is 4.79 Å². The van der Waals surface area contributed by atoms with Crippen molar-refractivity contribution in [3.8, 4) is 0 Å². The predicted molar refractivity (Wildman–Crippen MR) is 105 cm³/mol. The minimum Gasteiger partial charge on any atom is -0.338 e. The Morgan fingerprint density at radius 2 is 2.04 bits per heavy atom. The molecular formula is C19H18ClN5OS. The Kier molecular flexibility index (Phi) is 5.40. The normalized spacial score (nSPS) is 14.2. The maximum absolute atomic E-state index is 12.7. The summed E-state index contributed by atoms with van der Waals surface area (Å²) in [7, 11) is 0. The highest BCUT2D eigenvalue weighted by Crippen LogP contribution is 2.26. The molecule has 1 saturated heterocycles. The second-order valence-corrected chi connectivity index (χ2v) is 8.04. The van der Waals surface area contributed by atoms with Gasteiger partial charge in [-0.05, 0) is 48.2 Å². The molecule has 2 aromatic carbocycles. The average molecular weight is 400 g/mol. The van der Waals surface area contributed by atoms with Gasteiger partial charge in [-0.15, -0.1) is 22.0 Å². The Labute approximate surface area is 166 Å². The second kappa shape index (κ2) is 8.10. The summed E-state index contributed by atoms with van der Waals surface area (Å²) >= 11 is 7.51. The van der Waals surface area contributed by atoms with Crippen LogP contribution in [0.5, 0.6) is 0 Å². The largest absolute Gasteiger partial charge is 0.338 e. The summed E-state index contributed by atoms with van der Waals surface area (Å²) in [5.41, 5.74) is 1.98. The fourth-order valence-electron chi connectivity index (χ4n) is 3.11. The van der Waals surface area contributed by atoms with E-state index in [1.807, 2.05) is 41.3 Å². The van der Waals surface area contributed by atoms with E-state index in [4.69, 9.17) is 11.6 Å². The minimum atomic E-state index is 0.0874. The van der Waals surface area contributed by atoms with E-state index < -0.39 is 0 Å². The van der Waals surface area contributed by atoms with Gasteiger partial charge in [-0.2, -0.15) is 5.21 Å². The third-order valence-electron chi connectivity index (χ3n) is 4.52. The van der Waals surface area contributed by atoms with E-state index in [1.54, 1.807) is 11.8 Å². The summed E-state index contributed by atoms with van der Waals surface area (Å²) in [6.07, 6.45) is 0.974. The summed E-state index contributed by atoms with van der Waals surface area (Å²) in [5.74, 6) is 1.85. The lowest BCUT2D eigenvalue weighted by Gasteiger charge is -2.39. The van der Waals surface area contributed by atoms with Crippen molar-refractivity contribution in [1.82, 2.24) is 25.5 Å². The number of tetrazole rings is 1. The highest BCUT2D eigenvalue weighted by Gasteiger charge is 2.31. The van der Waals surface area contributed by atoms with Crippen molar-refractivity contribution in [3.05, 3.63) is 70.5 Å². The van der Waals surface area contributed by atoms with E-state index in [0.717, 1.165) is 35.0 Å². The summed E-state index contributed by atoms with van der Waals surface area (Å²) in [6.45, 7) is 1.59. The lowest BCUT2D eigenvalue weighted by molar-refractivity contribution is 0.0501. The zero-order valence-corrected chi connectivity index (χ0v) is 16.1. The number of nitrogens with zero attached hydrogens (tertiary/aromatic N) is 4. The molecule has 0 atom stereocenters. The van der Waals surface area contributed by atoms with Crippen LogP contribution in [-0.4, -0.2) is 44.5 Å². The van der Waals surface area contributed by atoms with Gasteiger partial charge >= 0.3 is 0 Å². The first-order valence-electron chi connectivity index (χ1n) is 8.66. The van der Waals surface area contributed by atoms with Gasteiger partial charge in [-0.25, -0.2) is 0 Å². The molecule has 0 radical (unpaired) electrons. The molecule has 0 spiro atoms. The van der Waals surface area contributed by atoms with Crippen molar-refractivity contribution in [3.63, 3.8) is 0 Å². The summed E-state index contributed by atoms with van der Waals surface area (Å²) < 4.78 is 0. The number of thioether (sulfide) groups is 1. The molecule has 0 saturated carbocycles. The van der Waals surface area contributed by atoms with Crippen molar-refractivity contribution in [2.45, 2.75) is 17.1 Å². The second-order valence-electron chi connectivity index (χ2n) is 6.55.